The van der Waals surface area contributed by atoms with Crippen molar-refractivity contribution in [3.63, 3.8) is 0 Å². The third kappa shape index (κ3) is 9.59. The average Bonchev–Trinajstić information content (AvgIpc) is 3.53. The van der Waals surface area contributed by atoms with E-state index in [1.54, 1.807) is 0 Å². The van der Waals surface area contributed by atoms with E-state index in [1.807, 2.05) is 4.90 Å². The predicted octanol–water partition coefficient (Wildman–Crippen LogP) is 1.12. The van der Waals surface area contributed by atoms with Gasteiger partial charge in [0.05, 0.1) is 37.8 Å². The Morgan fingerprint density at radius 3 is 2.66 bits per heavy atom. The molecule has 4 aliphatic heterocycles. The van der Waals surface area contributed by atoms with Crippen molar-refractivity contribution in [3.05, 3.63) is 0 Å². The highest BCUT2D eigenvalue weighted by molar-refractivity contribution is 5.78. The molecule has 5 N–H and O–H groups in total. The fourth-order valence-corrected chi connectivity index (χ4v) is 8.30. The molecule has 7 unspecified atom stereocenters. The molecule has 0 radical (unpaired) electrons. The number of hydrogen-bond acceptors (Lipinski definition) is 9. The third-order valence-corrected chi connectivity index (χ3v) is 10.9. The lowest BCUT2D eigenvalue weighted by atomic mass is 9.68. The Morgan fingerprint density at radius 2 is 1.91 bits per heavy atom. The normalized spacial score (nSPS) is 34.6. The van der Waals surface area contributed by atoms with Gasteiger partial charge in [-0.25, -0.2) is 0 Å². The van der Waals surface area contributed by atoms with Gasteiger partial charge in [0.1, 0.15) is 0 Å². The molecule has 8 atom stereocenters. The van der Waals surface area contributed by atoms with Crippen LogP contribution in [0.15, 0.2) is 0 Å². The number of ether oxygens (including phenoxy) is 2. The third-order valence-electron chi connectivity index (χ3n) is 10.9. The summed E-state index contributed by atoms with van der Waals surface area (Å²) in [6.45, 7) is 14.1. The molecule has 11 heteroatoms. The number of fused-ring (bicyclic) bond motifs is 1. The minimum absolute atomic E-state index is 0.0519. The van der Waals surface area contributed by atoms with Gasteiger partial charge < -0.3 is 35.0 Å². The lowest BCUT2D eigenvalue weighted by molar-refractivity contribution is -0.133. The maximum atomic E-state index is 13.1. The highest BCUT2D eigenvalue weighted by Crippen LogP contribution is 2.41. The van der Waals surface area contributed by atoms with Crippen molar-refractivity contribution in [2.24, 2.45) is 29.6 Å². The van der Waals surface area contributed by atoms with Gasteiger partial charge in [-0.3, -0.25) is 20.2 Å². The van der Waals surface area contributed by atoms with Crippen LogP contribution < -0.4 is 21.3 Å². The highest BCUT2D eigenvalue weighted by atomic mass is 16.5. The van der Waals surface area contributed by atoms with E-state index in [0.29, 0.717) is 68.7 Å². The quantitative estimate of drug-likeness (QED) is 0.218. The van der Waals surface area contributed by atoms with Gasteiger partial charge in [0.25, 0.3) is 0 Å². The van der Waals surface area contributed by atoms with Gasteiger partial charge in [-0.15, -0.1) is 0 Å². The van der Waals surface area contributed by atoms with Crippen LogP contribution in [0.1, 0.15) is 72.1 Å². The van der Waals surface area contributed by atoms with E-state index in [0.717, 1.165) is 77.8 Å². The van der Waals surface area contributed by atoms with Crippen LogP contribution in [-0.2, 0) is 19.1 Å². The van der Waals surface area contributed by atoms with Crippen molar-refractivity contribution in [3.8, 4) is 0 Å². The number of aliphatic hydroxyl groups excluding tert-OH is 1. The van der Waals surface area contributed by atoms with Gasteiger partial charge in [-0.05, 0) is 81.7 Å². The number of hydrogen-bond donors (Lipinski definition) is 5. The molecule has 5 rings (SSSR count). The zero-order chi connectivity index (χ0) is 31.1. The number of aliphatic hydroxyl groups is 1. The molecule has 252 valence electrons. The summed E-state index contributed by atoms with van der Waals surface area (Å²) >= 11 is 0. The van der Waals surface area contributed by atoms with Crippen LogP contribution in [-0.4, -0.2) is 123 Å². The Hall–Kier alpha value is -1.34. The van der Waals surface area contributed by atoms with Gasteiger partial charge in [0.2, 0.25) is 11.8 Å². The van der Waals surface area contributed by atoms with Crippen LogP contribution in [0.2, 0.25) is 0 Å². The summed E-state index contributed by atoms with van der Waals surface area (Å²) in [5, 5.41) is 24.4. The number of amides is 2. The van der Waals surface area contributed by atoms with Gasteiger partial charge in [-0.2, -0.15) is 0 Å². The lowest BCUT2D eigenvalue weighted by Gasteiger charge is -2.47. The molecule has 0 aromatic rings. The number of nitrogens with zero attached hydrogens (tertiary/aromatic N) is 2. The molecular weight excluding hydrogens is 560 g/mol. The van der Waals surface area contributed by atoms with Gasteiger partial charge in [0.15, 0.2) is 0 Å². The summed E-state index contributed by atoms with van der Waals surface area (Å²) in [4.78, 5) is 29.9. The van der Waals surface area contributed by atoms with Gasteiger partial charge in [0, 0.05) is 57.6 Å². The molecule has 1 aliphatic carbocycles. The van der Waals surface area contributed by atoms with Crippen molar-refractivity contribution >= 4 is 11.8 Å². The second-order valence-corrected chi connectivity index (χ2v) is 14.7. The Balaban J connectivity index is 0.965. The predicted molar refractivity (Wildman–Crippen MR) is 170 cm³/mol. The highest BCUT2D eigenvalue weighted by Gasteiger charge is 2.41. The molecule has 0 spiro atoms. The van der Waals surface area contributed by atoms with Crippen molar-refractivity contribution < 1.29 is 24.2 Å². The largest absolute Gasteiger partial charge is 0.390 e. The molecule has 44 heavy (non-hydrogen) atoms. The minimum atomic E-state index is -0.563. The summed E-state index contributed by atoms with van der Waals surface area (Å²) in [6.07, 6.45) is 7.52. The van der Waals surface area contributed by atoms with Crippen molar-refractivity contribution in [1.82, 2.24) is 31.1 Å². The molecule has 1 saturated carbocycles. The van der Waals surface area contributed by atoms with Gasteiger partial charge >= 0.3 is 0 Å². The lowest BCUT2D eigenvalue weighted by Crippen LogP contribution is -2.56. The molecule has 0 aromatic heterocycles. The Labute approximate surface area is 264 Å². The van der Waals surface area contributed by atoms with Crippen LogP contribution in [0.25, 0.3) is 0 Å². The fourth-order valence-electron chi connectivity index (χ4n) is 8.30. The fraction of sp³-hybridized carbons (Fsp3) is 0.939. The molecule has 5 fully saturated rings. The zero-order valence-corrected chi connectivity index (χ0v) is 27.5. The monoisotopic (exact) mass is 620 g/mol. The van der Waals surface area contributed by atoms with E-state index in [1.165, 1.54) is 6.42 Å². The first-order valence-electron chi connectivity index (χ1n) is 17.6. The molecule has 0 aromatic carbocycles. The molecule has 0 bridgehead atoms. The summed E-state index contributed by atoms with van der Waals surface area (Å²) < 4.78 is 12.0. The van der Waals surface area contributed by atoms with Crippen molar-refractivity contribution in [2.75, 3.05) is 65.7 Å². The number of nitrogens with one attached hydrogen (secondary N) is 4. The second-order valence-electron chi connectivity index (χ2n) is 14.7. The van der Waals surface area contributed by atoms with E-state index in [2.05, 4.69) is 46.9 Å². The Morgan fingerprint density at radius 1 is 1.09 bits per heavy atom. The Kier molecular flexibility index (Phi) is 12.7. The average molecular weight is 621 g/mol. The van der Waals surface area contributed by atoms with E-state index < -0.39 is 6.10 Å². The van der Waals surface area contributed by atoms with Crippen molar-refractivity contribution in [1.29, 1.82) is 0 Å². The first-order chi connectivity index (χ1) is 21.2. The topological polar surface area (TPSA) is 127 Å². The van der Waals surface area contributed by atoms with Crippen LogP contribution in [0, 0.1) is 29.6 Å². The number of carbonyl (C=O) groups is 2. The zero-order valence-electron chi connectivity index (χ0n) is 27.5. The number of rotatable bonds is 12. The number of likely N-dealkylation sites (tertiary alicyclic amines) is 2. The Bertz CT molecular complexity index is 911. The summed E-state index contributed by atoms with van der Waals surface area (Å²) in [6, 6.07) is 0.359. The van der Waals surface area contributed by atoms with E-state index >= 15 is 0 Å². The van der Waals surface area contributed by atoms with Crippen LogP contribution in [0.3, 0.4) is 0 Å². The smallest absolute Gasteiger partial charge is 0.223 e. The first kappa shape index (κ1) is 34.0. The molecule has 11 nitrogen and oxygen atoms in total. The minimum Gasteiger partial charge on any atom is -0.390 e. The molecule has 5 aliphatic rings. The summed E-state index contributed by atoms with van der Waals surface area (Å²) in [5.41, 5.74) is 0. The number of carbonyl (C=O) groups excluding carboxylic acids is 2. The van der Waals surface area contributed by atoms with Crippen LogP contribution >= 0.6 is 0 Å². The number of piperidine rings is 3. The van der Waals surface area contributed by atoms with Crippen molar-refractivity contribution in [2.45, 2.75) is 103 Å². The number of β-amino-alcohol motifs (C(OH)–C–C–N with tert-alkyl or cyclic N) is 1. The van der Waals surface area contributed by atoms with E-state index in [9.17, 15) is 14.7 Å². The maximum Gasteiger partial charge on any atom is 0.223 e. The van der Waals surface area contributed by atoms with E-state index in [4.69, 9.17) is 9.47 Å². The maximum absolute atomic E-state index is 13.1. The molecular formula is C33H60N6O5. The van der Waals surface area contributed by atoms with Crippen LogP contribution in [0.5, 0.6) is 0 Å². The van der Waals surface area contributed by atoms with E-state index in [-0.39, 0.29) is 30.0 Å². The first-order valence-corrected chi connectivity index (χ1v) is 17.6. The van der Waals surface area contributed by atoms with Crippen LogP contribution in [0.4, 0.5) is 0 Å². The molecule has 2 amide bonds. The molecule has 4 saturated heterocycles. The SMILES string of the molecule is CC(C)CC(=O)N1CCC(NC2CC(C(=O)NC[C@H](O)CN3CCC4C(CCC(OCC5CNCO5)C4C)C3)CCN2)CC1. The second kappa shape index (κ2) is 16.5. The summed E-state index contributed by atoms with van der Waals surface area (Å²) in [7, 11) is 0. The van der Waals surface area contributed by atoms with Gasteiger partial charge in [-0.1, -0.05) is 20.8 Å². The standard InChI is InChI=1S/C33H60N6O5/c1-22(2)14-32(41)39-12-7-26(8-13-39)37-31-15-24(6-10-35-31)33(42)36-16-27(40)19-38-11-9-29-23(3)30(5-4-25(29)18-38)43-20-28-17-34-21-44-28/h22-31,34-35,37,40H,4-21H2,1-3H3,(H,36,42)/t23?,24?,25?,27-,28?,29?,30?,31?/m0/s1. The molecule has 4 heterocycles. The summed E-state index contributed by atoms with van der Waals surface area (Å²) in [5.74, 6) is 2.52.